The van der Waals surface area contributed by atoms with Gasteiger partial charge in [0.1, 0.15) is 0 Å². The molecule has 1 fully saturated rings. The Morgan fingerprint density at radius 2 is 1.91 bits per heavy atom. The van der Waals surface area contributed by atoms with Crippen molar-refractivity contribution in [3.8, 4) is 0 Å². The maximum atomic E-state index is 12.7. The summed E-state index contributed by atoms with van der Waals surface area (Å²) in [5.41, 5.74) is 0. The van der Waals surface area contributed by atoms with Crippen LogP contribution in [0.25, 0.3) is 0 Å². The van der Waals surface area contributed by atoms with Crippen molar-refractivity contribution in [1.29, 1.82) is 0 Å². The lowest BCUT2D eigenvalue weighted by molar-refractivity contribution is -0.133. The highest BCUT2D eigenvalue weighted by Crippen LogP contribution is 2.28. The van der Waals surface area contributed by atoms with Crippen LogP contribution in [0.4, 0.5) is 0 Å². The Hall–Kier alpha value is -0.960. The minimum Gasteiger partial charge on any atom is -0.384 e. The second-order valence-corrected chi connectivity index (χ2v) is 8.67. The smallest absolute Gasteiger partial charge is 0.244 e. The maximum absolute atomic E-state index is 12.7. The van der Waals surface area contributed by atoms with E-state index in [4.69, 9.17) is 4.74 Å². The van der Waals surface area contributed by atoms with E-state index < -0.39 is 10.0 Å². The number of nitrogens with zero attached hydrogens (tertiary/aromatic N) is 2. The molecule has 2 rings (SSSR count). The van der Waals surface area contributed by atoms with E-state index in [-0.39, 0.29) is 5.91 Å². The number of amides is 1. The van der Waals surface area contributed by atoms with Crippen molar-refractivity contribution in [3.05, 3.63) is 15.8 Å². The molecular weight excluding hydrogens is 324 g/mol. The molecule has 0 aliphatic carbocycles. The molecule has 0 radical (unpaired) electrons. The molecular formula is C14H22N2O4S2. The summed E-state index contributed by atoms with van der Waals surface area (Å²) < 4.78 is 31.7. The zero-order chi connectivity index (χ0) is 16.3. The van der Waals surface area contributed by atoms with Gasteiger partial charge in [0.2, 0.25) is 15.9 Å². The van der Waals surface area contributed by atoms with Crippen molar-refractivity contribution in [2.75, 3.05) is 39.9 Å². The Morgan fingerprint density at radius 3 is 2.41 bits per heavy atom. The molecule has 6 nitrogen and oxygen atoms in total. The van der Waals surface area contributed by atoms with Gasteiger partial charge in [-0.15, -0.1) is 11.3 Å². The molecule has 0 bridgehead atoms. The molecule has 0 atom stereocenters. The molecule has 2 heterocycles. The summed E-state index contributed by atoms with van der Waals surface area (Å²) in [6.45, 7) is 5.68. The van der Waals surface area contributed by atoms with Crippen LogP contribution < -0.4 is 0 Å². The highest BCUT2D eigenvalue weighted by Gasteiger charge is 2.31. The zero-order valence-electron chi connectivity index (χ0n) is 13.2. The van der Waals surface area contributed by atoms with Crippen molar-refractivity contribution in [2.24, 2.45) is 0 Å². The predicted molar refractivity (Wildman–Crippen MR) is 85.6 cm³/mol. The fourth-order valence-electron chi connectivity index (χ4n) is 2.53. The molecule has 124 valence electrons. The molecule has 0 saturated carbocycles. The van der Waals surface area contributed by atoms with Gasteiger partial charge in [-0.2, -0.15) is 4.31 Å². The van der Waals surface area contributed by atoms with Crippen molar-refractivity contribution < 1.29 is 17.9 Å². The Kier molecular flexibility index (Phi) is 5.60. The molecule has 8 heteroatoms. The normalized spacial score (nSPS) is 17.0. The number of piperazine rings is 1. The number of thiophene rings is 1. The number of hydrogen-bond acceptors (Lipinski definition) is 5. The Bertz CT molecular complexity index is 631. The lowest BCUT2D eigenvalue weighted by Gasteiger charge is -2.34. The van der Waals surface area contributed by atoms with Gasteiger partial charge in [0.25, 0.3) is 0 Å². The third-order valence-electron chi connectivity index (χ3n) is 3.72. The van der Waals surface area contributed by atoms with Crippen LogP contribution in [-0.2, 0) is 19.6 Å². The molecule has 1 aromatic heterocycles. The van der Waals surface area contributed by atoms with Crippen LogP contribution in [0.15, 0.2) is 11.0 Å². The van der Waals surface area contributed by atoms with E-state index in [0.717, 1.165) is 9.75 Å². The summed E-state index contributed by atoms with van der Waals surface area (Å²) in [5, 5.41) is 0. The number of hydrogen-bond donors (Lipinski definition) is 0. The highest BCUT2D eigenvalue weighted by molar-refractivity contribution is 7.89. The standard InChI is InChI=1S/C14H22N2O4S2/c1-11-10-13(12(2)21-11)22(18,19)16-7-5-15(6-8-16)14(17)4-9-20-3/h10H,4-9H2,1-3H3. The number of carbonyl (C=O) groups excluding carboxylic acids is 1. The lowest BCUT2D eigenvalue weighted by Crippen LogP contribution is -2.50. The summed E-state index contributed by atoms with van der Waals surface area (Å²) in [6, 6.07) is 1.73. The van der Waals surface area contributed by atoms with Gasteiger partial charge in [0.05, 0.1) is 17.9 Å². The Morgan fingerprint density at radius 1 is 1.27 bits per heavy atom. The largest absolute Gasteiger partial charge is 0.384 e. The SMILES string of the molecule is COCCC(=O)N1CCN(S(=O)(=O)c2cc(C)sc2C)CC1. The average Bonchev–Trinajstić information content (AvgIpc) is 2.84. The van der Waals surface area contributed by atoms with Crippen LogP contribution in [0.1, 0.15) is 16.2 Å². The minimum absolute atomic E-state index is 0.0152. The van der Waals surface area contributed by atoms with Crippen molar-refractivity contribution >= 4 is 27.3 Å². The van der Waals surface area contributed by atoms with E-state index in [1.165, 1.54) is 15.6 Å². The molecule has 0 unspecified atom stereocenters. The summed E-state index contributed by atoms with van der Waals surface area (Å²) in [4.78, 5) is 15.8. The van der Waals surface area contributed by atoms with Gasteiger partial charge in [-0.25, -0.2) is 8.42 Å². The molecule has 1 aliphatic rings. The first-order chi connectivity index (χ1) is 10.4. The van der Waals surface area contributed by atoms with E-state index in [1.807, 2.05) is 13.8 Å². The maximum Gasteiger partial charge on any atom is 0.244 e. The number of sulfonamides is 1. The van der Waals surface area contributed by atoms with E-state index in [0.29, 0.717) is 44.1 Å². The fraction of sp³-hybridized carbons (Fsp3) is 0.643. The van der Waals surface area contributed by atoms with Crippen LogP contribution in [0, 0.1) is 13.8 Å². The number of ether oxygens (including phenoxy) is 1. The summed E-state index contributed by atoms with van der Waals surface area (Å²) in [5.74, 6) is 0.0152. The zero-order valence-corrected chi connectivity index (χ0v) is 14.8. The molecule has 1 aliphatic heterocycles. The summed E-state index contributed by atoms with van der Waals surface area (Å²) in [7, 11) is -1.90. The third-order valence-corrected chi connectivity index (χ3v) is 6.84. The van der Waals surface area contributed by atoms with E-state index in [1.54, 1.807) is 18.1 Å². The van der Waals surface area contributed by atoms with E-state index >= 15 is 0 Å². The van der Waals surface area contributed by atoms with Crippen molar-refractivity contribution in [2.45, 2.75) is 25.2 Å². The highest BCUT2D eigenvalue weighted by atomic mass is 32.2. The minimum atomic E-state index is -3.46. The van der Waals surface area contributed by atoms with Gasteiger partial charge in [-0.05, 0) is 19.9 Å². The van der Waals surface area contributed by atoms with Gasteiger partial charge < -0.3 is 9.64 Å². The molecule has 0 aromatic carbocycles. The van der Waals surface area contributed by atoms with Gasteiger partial charge in [0, 0.05) is 43.0 Å². The van der Waals surface area contributed by atoms with E-state index in [9.17, 15) is 13.2 Å². The quantitative estimate of drug-likeness (QED) is 0.804. The number of aryl methyl sites for hydroxylation is 2. The van der Waals surface area contributed by atoms with Gasteiger partial charge in [-0.1, -0.05) is 0 Å². The summed E-state index contributed by atoms with van der Waals surface area (Å²) >= 11 is 1.49. The lowest BCUT2D eigenvalue weighted by atomic mass is 10.3. The first kappa shape index (κ1) is 17.4. The first-order valence-electron chi connectivity index (χ1n) is 7.20. The number of carbonyl (C=O) groups is 1. The van der Waals surface area contributed by atoms with Crippen LogP contribution in [0.5, 0.6) is 0 Å². The van der Waals surface area contributed by atoms with Gasteiger partial charge in [-0.3, -0.25) is 4.79 Å². The van der Waals surface area contributed by atoms with Crippen LogP contribution >= 0.6 is 11.3 Å². The monoisotopic (exact) mass is 346 g/mol. The molecule has 0 N–H and O–H groups in total. The number of methoxy groups -OCH3 is 1. The first-order valence-corrected chi connectivity index (χ1v) is 9.46. The average molecular weight is 346 g/mol. The molecule has 22 heavy (non-hydrogen) atoms. The molecule has 1 amide bonds. The molecule has 0 spiro atoms. The van der Waals surface area contributed by atoms with Crippen molar-refractivity contribution in [1.82, 2.24) is 9.21 Å². The second kappa shape index (κ2) is 7.08. The second-order valence-electron chi connectivity index (χ2n) is 5.31. The van der Waals surface area contributed by atoms with E-state index in [2.05, 4.69) is 0 Å². The third kappa shape index (κ3) is 3.68. The number of rotatable bonds is 5. The molecule has 1 saturated heterocycles. The Balaban J connectivity index is 2.02. The Labute approximate surface area is 135 Å². The van der Waals surface area contributed by atoms with Crippen LogP contribution in [0.2, 0.25) is 0 Å². The van der Waals surface area contributed by atoms with Crippen LogP contribution in [0.3, 0.4) is 0 Å². The summed E-state index contributed by atoms with van der Waals surface area (Å²) in [6.07, 6.45) is 0.339. The topological polar surface area (TPSA) is 66.9 Å². The van der Waals surface area contributed by atoms with Crippen LogP contribution in [-0.4, -0.2) is 63.4 Å². The van der Waals surface area contributed by atoms with Gasteiger partial charge >= 0.3 is 0 Å². The fourth-order valence-corrected chi connectivity index (χ4v) is 5.47. The predicted octanol–water partition coefficient (Wildman–Crippen LogP) is 1.23. The van der Waals surface area contributed by atoms with Gasteiger partial charge in [0.15, 0.2) is 0 Å². The molecule has 1 aromatic rings. The van der Waals surface area contributed by atoms with Crippen molar-refractivity contribution in [3.63, 3.8) is 0 Å².